The lowest BCUT2D eigenvalue weighted by atomic mass is 9.91. The number of carbonyl (C=O) groups is 1. The average Bonchev–Trinajstić information content (AvgIpc) is 2.35. The highest BCUT2D eigenvalue weighted by Crippen LogP contribution is 2.29. The van der Waals surface area contributed by atoms with Crippen molar-refractivity contribution >= 4 is 11.6 Å². The van der Waals surface area contributed by atoms with Gasteiger partial charge in [0.1, 0.15) is 5.69 Å². The quantitative estimate of drug-likeness (QED) is 0.863. The molecule has 19 heavy (non-hydrogen) atoms. The average molecular weight is 262 g/mol. The third-order valence-electron chi connectivity index (χ3n) is 3.59. The number of rotatable bonds is 5. The number of pyridine rings is 1. The monoisotopic (exact) mass is 262 g/mol. The van der Waals surface area contributed by atoms with Crippen molar-refractivity contribution < 1.29 is 4.79 Å². The molecule has 5 heteroatoms. The molecule has 2 N–H and O–H groups in total. The minimum atomic E-state index is -0.0665. The minimum Gasteiger partial charge on any atom is -0.367 e. The van der Waals surface area contributed by atoms with Gasteiger partial charge < -0.3 is 15.5 Å². The van der Waals surface area contributed by atoms with Crippen LogP contribution in [0.4, 0.5) is 5.69 Å². The fraction of sp³-hybridized carbons (Fsp3) is 0.571. The summed E-state index contributed by atoms with van der Waals surface area (Å²) in [6.45, 7) is 1.44. The first-order chi connectivity index (χ1) is 9.13. The molecule has 1 amide bonds. The van der Waals surface area contributed by atoms with E-state index in [9.17, 15) is 4.79 Å². The van der Waals surface area contributed by atoms with Crippen molar-refractivity contribution in [3.63, 3.8) is 0 Å². The van der Waals surface area contributed by atoms with E-state index in [-0.39, 0.29) is 5.91 Å². The molecule has 0 radical (unpaired) electrons. The molecule has 0 bridgehead atoms. The zero-order valence-electron chi connectivity index (χ0n) is 11.7. The van der Waals surface area contributed by atoms with Crippen molar-refractivity contribution in [1.29, 1.82) is 0 Å². The normalized spacial score (nSPS) is 14.9. The molecule has 1 aromatic rings. The summed E-state index contributed by atoms with van der Waals surface area (Å²) in [5.41, 5.74) is 7.24. The van der Waals surface area contributed by atoms with Gasteiger partial charge in [-0.05, 0) is 31.4 Å². The Balaban J connectivity index is 2.22. The van der Waals surface area contributed by atoms with Crippen molar-refractivity contribution in [2.24, 2.45) is 5.73 Å². The third-order valence-corrected chi connectivity index (χ3v) is 3.59. The minimum absolute atomic E-state index is 0.0665. The molecule has 1 heterocycles. The van der Waals surface area contributed by atoms with Crippen molar-refractivity contribution in [2.75, 3.05) is 32.1 Å². The van der Waals surface area contributed by atoms with Gasteiger partial charge >= 0.3 is 0 Å². The van der Waals surface area contributed by atoms with E-state index in [2.05, 4.69) is 9.88 Å². The number of nitrogens with zero attached hydrogens (tertiary/aromatic N) is 3. The summed E-state index contributed by atoms with van der Waals surface area (Å²) in [6, 6.07) is 4.39. The molecule has 1 fully saturated rings. The summed E-state index contributed by atoms with van der Waals surface area (Å²) in [4.78, 5) is 20.0. The van der Waals surface area contributed by atoms with Gasteiger partial charge in [0.25, 0.3) is 5.91 Å². The molecule has 1 saturated carbocycles. The topological polar surface area (TPSA) is 62.5 Å². The molecule has 0 saturated heterocycles. The van der Waals surface area contributed by atoms with Crippen LogP contribution >= 0.6 is 0 Å². The lowest BCUT2D eigenvalue weighted by molar-refractivity contribution is 0.0822. The zero-order chi connectivity index (χ0) is 13.8. The fourth-order valence-corrected chi connectivity index (χ4v) is 2.30. The van der Waals surface area contributed by atoms with Gasteiger partial charge in [0.15, 0.2) is 0 Å². The van der Waals surface area contributed by atoms with Crippen molar-refractivity contribution in [3.05, 3.63) is 24.0 Å². The van der Waals surface area contributed by atoms with Gasteiger partial charge in [-0.2, -0.15) is 0 Å². The Hall–Kier alpha value is -1.62. The second-order valence-corrected chi connectivity index (χ2v) is 5.17. The number of aromatic nitrogens is 1. The number of anilines is 1. The third kappa shape index (κ3) is 3.04. The number of hydrogen-bond donors (Lipinski definition) is 1. The lowest BCUT2D eigenvalue weighted by Gasteiger charge is -2.39. The fourth-order valence-electron chi connectivity index (χ4n) is 2.30. The molecule has 0 aromatic carbocycles. The standard InChI is InChI=1S/C14H22N4O/c1-17(2)14(19)13-10-12(6-8-16-13)18(9-7-15)11-4-3-5-11/h6,8,10-11H,3-5,7,9,15H2,1-2H3. The molecule has 1 aliphatic rings. The van der Waals surface area contributed by atoms with Crippen molar-refractivity contribution in [1.82, 2.24) is 9.88 Å². The van der Waals surface area contributed by atoms with Crippen molar-refractivity contribution in [2.45, 2.75) is 25.3 Å². The van der Waals surface area contributed by atoms with Crippen LogP contribution in [0.3, 0.4) is 0 Å². The van der Waals surface area contributed by atoms with Gasteiger partial charge in [-0.25, -0.2) is 0 Å². The summed E-state index contributed by atoms with van der Waals surface area (Å²) in [5.74, 6) is -0.0665. The molecule has 1 aliphatic carbocycles. The largest absolute Gasteiger partial charge is 0.367 e. The van der Waals surface area contributed by atoms with Crippen LogP contribution in [-0.2, 0) is 0 Å². The van der Waals surface area contributed by atoms with E-state index in [1.165, 1.54) is 19.3 Å². The zero-order valence-corrected chi connectivity index (χ0v) is 11.7. The highest BCUT2D eigenvalue weighted by molar-refractivity contribution is 5.92. The van der Waals surface area contributed by atoms with Crippen LogP contribution < -0.4 is 10.6 Å². The molecule has 2 rings (SSSR count). The van der Waals surface area contributed by atoms with Crippen LogP contribution in [0.25, 0.3) is 0 Å². The Morgan fingerprint density at radius 2 is 2.21 bits per heavy atom. The summed E-state index contributed by atoms with van der Waals surface area (Å²) < 4.78 is 0. The van der Waals surface area contributed by atoms with Gasteiger partial charge in [0, 0.05) is 45.1 Å². The van der Waals surface area contributed by atoms with Crippen molar-refractivity contribution in [3.8, 4) is 0 Å². The second-order valence-electron chi connectivity index (χ2n) is 5.17. The highest BCUT2D eigenvalue weighted by Gasteiger charge is 2.25. The van der Waals surface area contributed by atoms with E-state index in [0.717, 1.165) is 12.2 Å². The highest BCUT2D eigenvalue weighted by atomic mass is 16.2. The van der Waals surface area contributed by atoms with Crippen LogP contribution in [-0.4, -0.2) is 49.0 Å². The van der Waals surface area contributed by atoms with Gasteiger partial charge in [0.2, 0.25) is 0 Å². The maximum Gasteiger partial charge on any atom is 0.272 e. The van der Waals surface area contributed by atoms with E-state index in [1.807, 2.05) is 12.1 Å². The Kier molecular flexibility index (Phi) is 4.37. The number of nitrogens with two attached hydrogens (primary N) is 1. The summed E-state index contributed by atoms with van der Waals surface area (Å²) >= 11 is 0. The van der Waals surface area contributed by atoms with E-state index >= 15 is 0 Å². The molecule has 5 nitrogen and oxygen atoms in total. The van der Waals surface area contributed by atoms with E-state index < -0.39 is 0 Å². The maximum atomic E-state index is 12.0. The maximum absolute atomic E-state index is 12.0. The molecular formula is C14H22N4O. The predicted molar refractivity (Wildman–Crippen MR) is 76.3 cm³/mol. The van der Waals surface area contributed by atoms with Crippen LogP contribution in [0.5, 0.6) is 0 Å². The first-order valence-corrected chi connectivity index (χ1v) is 6.78. The first kappa shape index (κ1) is 13.8. The molecule has 104 valence electrons. The molecular weight excluding hydrogens is 240 g/mol. The molecule has 0 atom stereocenters. The van der Waals surface area contributed by atoms with Crippen LogP contribution in [0.1, 0.15) is 29.8 Å². The Morgan fingerprint density at radius 1 is 1.47 bits per heavy atom. The molecule has 1 aromatic heterocycles. The van der Waals surface area contributed by atoms with Crippen LogP contribution in [0.15, 0.2) is 18.3 Å². The molecule has 0 spiro atoms. The van der Waals surface area contributed by atoms with Crippen LogP contribution in [0, 0.1) is 0 Å². The van der Waals surface area contributed by atoms with E-state index in [4.69, 9.17) is 5.73 Å². The van der Waals surface area contributed by atoms with Gasteiger partial charge in [0.05, 0.1) is 0 Å². The van der Waals surface area contributed by atoms with E-state index in [1.54, 1.807) is 25.2 Å². The summed E-state index contributed by atoms with van der Waals surface area (Å²) in [6.07, 6.45) is 5.40. The molecule has 0 unspecified atom stereocenters. The Bertz CT molecular complexity index is 443. The lowest BCUT2D eigenvalue weighted by Crippen LogP contribution is -2.43. The number of amides is 1. The number of carbonyl (C=O) groups excluding carboxylic acids is 1. The summed E-state index contributed by atoms with van der Waals surface area (Å²) in [7, 11) is 3.47. The Labute approximate surface area is 114 Å². The van der Waals surface area contributed by atoms with Gasteiger partial charge in [-0.1, -0.05) is 0 Å². The summed E-state index contributed by atoms with van der Waals surface area (Å²) in [5, 5.41) is 0. The number of hydrogen-bond acceptors (Lipinski definition) is 4. The van der Waals surface area contributed by atoms with E-state index in [0.29, 0.717) is 18.3 Å². The Morgan fingerprint density at radius 3 is 2.74 bits per heavy atom. The smallest absolute Gasteiger partial charge is 0.272 e. The second kappa shape index (κ2) is 6.02. The van der Waals surface area contributed by atoms with Gasteiger partial charge in [-0.3, -0.25) is 9.78 Å². The first-order valence-electron chi connectivity index (χ1n) is 6.78. The van der Waals surface area contributed by atoms with Gasteiger partial charge in [-0.15, -0.1) is 0 Å². The molecule has 0 aliphatic heterocycles. The van der Waals surface area contributed by atoms with Crippen LogP contribution in [0.2, 0.25) is 0 Å². The SMILES string of the molecule is CN(C)C(=O)c1cc(N(CCN)C2CCC2)ccn1. The predicted octanol–water partition coefficient (Wildman–Crippen LogP) is 1.10.